The maximum absolute atomic E-state index is 12.1. The normalized spacial score (nSPS) is 14.4. The quantitative estimate of drug-likeness (QED) is 0.525. The Balaban J connectivity index is 1.61. The Kier molecular flexibility index (Phi) is 7.09. The SMILES string of the molecule is CCOC(=O)c1cccc(NC(=S)N[C@@H](C)c2ccc(N3CCCC3)cc2)c1C. The van der Waals surface area contributed by atoms with Crippen LogP contribution in [0.25, 0.3) is 0 Å². The van der Waals surface area contributed by atoms with Crippen LogP contribution in [-0.2, 0) is 4.74 Å². The Morgan fingerprint density at radius 2 is 1.86 bits per heavy atom. The van der Waals surface area contributed by atoms with Gasteiger partial charge in [0.15, 0.2) is 5.11 Å². The number of carbonyl (C=O) groups is 1. The number of hydrogen-bond donors (Lipinski definition) is 2. The summed E-state index contributed by atoms with van der Waals surface area (Å²) in [5.41, 5.74) is 4.62. The van der Waals surface area contributed by atoms with Crippen LogP contribution in [0.3, 0.4) is 0 Å². The molecule has 0 bridgehead atoms. The van der Waals surface area contributed by atoms with E-state index >= 15 is 0 Å². The maximum Gasteiger partial charge on any atom is 0.338 e. The Morgan fingerprint density at radius 3 is 2.52 bits per heavy atom. The van der Waals surface area contributed by atoms with Crippen molar-refractivity contribution in [2.75, 3.05) is 29.9 Å². The molecule has 6 heteroatoms. The van der Waals surface area contributed by atoms with Gasteiger partial charge in [0, 0.05) is 24.5 Å². The molecular formula is C23H29N3O2S. The number of ether oxygens (including phenoxy) is 1. The van der Waals surface area contributed by atoms with Gasteiger partial charge in [-0.1, -0.05) is 18.2 Å². The fourth-order valence-corrected chi connectivity index (χ4v) is 3.88. The average Bonchev–Trinajstić information content (AvgIpc) is 3.24. The number of rotatable bonds is 6. The standard InChI is InChI=1S/C23H29N3O2S/c1-4-28-22(27)20-8-7-9-21(16(20)2)25-23(29)24-17(3)18-10-12-19(13-11-18)26-14-5-6-15-26/h7-13,17H,4-6,14-15H2,1-3H3,(H2,24,25,29)/t17-/m0/s1. The third-order valence-corrected chi connectivity index (χ3v) is 5.51. The summed E-state index contributed by atoms with van der Waals surface area (Å²) in [4.78, 5) is 14.5. The zero-order chi connectivity index (χ0) is 20.8. The van der Waals surface area contributed by atoms with Crippen LogP contribution in [0.1, 0.15) is 54.2 Å². The molecule has 0 spiro atoms. The van der Waals surface area contributed by atoms with Crippen LogP contribution >= 0.6 is 12.2 Å². The van der Waals surface area contributed by atoms with Crippen molar-refractivity contribution in [3.05, 3.63) is 59.2 Å². The number of hydrogen-bond acceptors (Lipinski definition) is 4. The molecule has 1 aliphatic heterocycles. The lowest BCUT2D eigenvalue weighted by Crippen LogP contribution is -2.31. The van der Waals surface area contributed by atoms with Gasteiger partial charge >= 0.3 is 5.97 Å². The van der Waals surface area contributed by atoms with Crippen molar-refractivity contribution in [1.29, 1.82) is 0 Å². The molecule has 29 heavy (non-hydrogen) atoms. The van der Waals surface area contributed by atoms with E-state index in [4.69, 9.17) is 17.0 Å². The average molecular weight is 412 g/mol. The maximum atomic E-state index is 12.1. The summed E-state index contributed by atoms with van der Waals surface area (Å²) in [6.07, 6.45) is 2.55. The number of nitrogens with one attached hydrogen (secondary N) is 2. The molecule has 0 saturated carbocycles. The lowest BCUT2D eigenvalue weighted by molar-refractivity contribution is 0.0525. The predicted molar refractivity (Wildman–Crippen MR) is 123 cm³/mol. The summed E-state index contributed by atoms with van der Waals surface area (Å²) in [5.74, 6) is -0.320. The molecule has 1 atom stereocenters. The molecule has 0 radical (unpaired) electrons. The molecule has 3 rings (SSSR count). The third-order valence-electron chi connectivity index (χ3n) is 5.29. The monoisotopic (exact) mass is 411 g/mol. The fourth-order valence-electron chi connectivity index (χ4n) is 3.59. The van der Waals surface area contributed by atoms with E-state index < -0.39 is 0 Å². The van der Waals surface area contributed by atoms with E-state index in [0.717, 1.165) is 24.3 Å². The Morgan fingerprint density at radius 1 is 1.17 bits per heavy atom. The van der Waals surface area contributed by atoms with Gasteiger partial charge in [0.2, 0.25) is 0 Å². The lowest BCUT2D eigenvalue weighted by atomic mass is 10.1. The summed E-state index contributed by atoms with van der Waals surface area (Å²) >= 11 is 5.50. The van der Waals surface area contributed by atoms with E-state index in [2.05, 4.69) is 46.7 Å². The molecular weight excluding hydrogens is 382 g/mol. The van der Waals surface area contributed by atoms with Crippen LogP contribution in [0.5, 0.6) is 0 Å². The van der Waals surface area contributed by atoms with E-state index in [0.29, 0.717) is 17.3 Å². The van der Waals surface area contributed by atoms with Gasteiger partial charge in [0.25, 0.3) is 0 Å². The summed E-state index contributed by atoms with van der Waals surface area (Å²) < 4.78 is 5.12. The van der Waals surface area contributed by atoms with Gasteiger partial charge in [-0.15, -0.1) is 0 Å². The summed E-state index contributed by atoms with van der Waals surface area (Å²) in [5, 5.41) is 7.05. The Bertz CT molecular complexity index is 861. The summed E-state index contributed by atoms with van der Waals surface area (Å²) in [7, 11) is 0. The smallest absolute Gasteiger partial charge is 0.338 e. The highest BCUT2D eigenvalue weighted by molar-refractivity contribution is 7.80. The van der Waals surface area contributed by atoms with Crippen molar-refractivity contribution in [3.8, 4) is 0 Å². The number of nitrogens with zero attached hydrogens (tertiary/aromatic N) is 1. The van der Waals surface area contributed by atoms with E-state index in [1.807, 2.05) is 19.1 Å². The molecule has 1 heterocycles. The van der Waals surface area contributed by atoms with Crippen molar-refractivity contribution < 1.29 is 9.53 Å². The first-order valence-corrected chi connectivity index (χ1v) is 10.6. The molecule has 5 nitrogen and oxygen atoms in total. The summed E-state index contributed by atoms with van der Waals surface area (Å²) in [6, 6.07) is 14.2. The molecule has 1 fully saturated rings. The first-order valence-electron chi connectivity index (χ1n) is 10.2. The Hall–Kier alpha value is -2.60. The second kappa shape index (κ2) is 9.74. The van der Waals surface area contributed by atoms with Gasteiger partial charge in [-0.2, -0.15) is 0 Å². The minimum absolute atomic E-state index is 0.0659. The van der Waals surface area contributed by atoms with Crippen LogP contribution < -0.4 is 15.5 Å². The number of anilines is 2. The van der Waals surface area contributed by atoms with Gasteiger partial charge in [-0.3, -0.25) is 0 Å². The van der Waals surface area contributed by atoms with Gasteiger partial charge in [-0.25, -0.2) is 4.79 Å². The van der Waals surface area contributed by atoms with Crippen LogP contribution in [-0.4, -0.2) is 30.8 Å². The highest BCUT2D eigenvalue weighted by atomic mass is 32.1. The third kappa shape index (κ3) is 5.26. The van der Waals surface area contributed by atoms with Gasteiger partial charge < -0.3 is 20.3 Å². The molecule has 1 saturated heterocycles. The lowest BCUT2D eigenvalue weighted by Gasteiger charge is -2.21. The Labute approximate surface area is 178 Å². The number of thiocarbonyl (C=S) groups is 1. The minimum atomic E-state index is -0.320. The first-order chi connectivity index (χ1) is 14.0. The first kappa shape index (κ1) is 21.1. The zero-order valence-electron chi connectivity index (χ0n) is 17.3. The van der Waals surface area contributed by atoms with E-state index in [1.54, 1.807) is 13.0 Å². The van der Waals surface area contributed by atoms with Crippen LogP contribution in [0.15, 0.2) is 42.5 Å². The second-order valence-corrected chi connectivity index (χ2v) is 7.71. The van der Waals surface area contributed by atoms with Gasteiger partial charge in [0.1, 0.15) is 0 Å². The molecule has 0 amide bonds. The number of carbonyl (C=O) groups excluding carboxylic acids is 1. The van der Waals surface area contributed by atoms with E-state index in [-0.39, 0.29) is 12.0 Å². The van der Waals surface area contributed by atoms with Gasteiger partial charge in [0.05, 0.1) is 18.2 Å². The van der Waals surface area contributed by atoms with Crippen molar-refractivity contribution in [3.63, 3.8) is 0 Å². The highest BCUT2D eigenvalue weighted by Crippen LogP contribution is 2.23. The van der Waals surface area contributed by atoms with Crippen molar-refractivity contribution in [2.45, 2.75) is 39.7 Å². The number of esters is 1. The molecule has 0 aliphatic carbocycles. The minimum Gasteiger partial charge on any atom is -0.462 e. The highest BCUT2D eigenvalue weighted by Gasteiger charge is 2.15. The zero-order valence-corrected chi connectivity index (χ0v) is 18.1. The van der Waals surface area contributed by atoms with Crippen molar-refractivity contribution >= 4 is 34.7 Å². The summed E-state index contributed by atoms with van der Waals surface area (Å²) in [6.45, 7) is 8.41. The van der Waals surface area contributed by atoms with Gasteiger partial charge in [-0.05, 0) is 81.2 Å². The molecule has 1 aliphatic rings. The molecule has 154 valence electrons. The van der Waals surface area contributed by atoms with Crippen LogP contribution in [0, 0.1) is 6.92 Å². The fraction of sp³-hybridized carbons (Fsp3) is 0.391. The molecule has 2 aromatic carbocycles. The molecule has 0 unspecified atom stereocenters. The second-order valence-electron chi connectivity index (χ2n) is 7.30. The van der Waals surface area contributed by atoms with Crippen LogP contribution in [0.2, 0.25) is 0 Å². The van der Waals surface area contributed by atoms with Crippen molar-refractivity contribution in [1.82, 2.24) is 5.32 Å². The van der Waals surface area contributed by atoms with E-state index in [1.165, 1.54) is 24.1 Å². The molecule has 0 aromatic heterocycles. The number of benzene rings is 2. The predicted octanol–water partition coefficient (Wildman–Crippen LogP) is 4.82. The van der Waals surface area contributed by atoms with Crippen molar-refractivity contribution in [2.24, 2.45) is 0 Å². The molecule has 2 aromatic rings. The van der Waals surface area contributed by atoms with E-state index in [9.17, 15) is 4.79 Å². The topological polar surface area (TPSA) is 53.6 Å². The largest absolute Gasteiger partial charge is 0.462 e. The molecule has 2 N–H and O–H groups in total. The van der Waals surface area contributed by atoms with Crippen LogP contribution in [0.4, 0.5) is 11.4 Å².